The Hall–Kier alpha value is -2.30. The molecule has 3 aromatic rings. The summed E-state index contributed by atoms with van der Waals surface area (Å²) in [6.07, 6.45) is 1.67. The molecule has 2 aromatic heterocycles. The average Bonchev–Trinajstić information content (AvgIpc) is 2.83. The Bertz CT molecular complexity index is 653. The summed E-state index contributed by atoms with van der Waals surface area (Å²) in [6.45, 7) is 1.84. The molecule has 3 rings (SSSR count). The highest BCUT2D eigenvalue weighted by Gasteiger charge is 2.10. The van der Waals surface area contributed by atoms with Gasteiger partial charge in [0.25, 0.3) is 6.01 Å². The van der Waals surface area contributed by atoms with E-state index in [4.69, 9.17) is 10.2 Å². The van der Waals surface area contributed by atoms with Gasteiger partial charge in [-0.25, -0.2) is 4.98 Å². The zero-order valence-electron chi connectivity index (χ0n) is 8.69. The van der Waals surface area contributed by atoms with Gasteiger partial charge in [0.05, 0.1) is 17.4 Å². The number of fused-ring (bicyclic) bond motifs is 1. The summed E-state index contributed by atoms with van der Waals surface area (Å²) in [6, 6.07) is 6.06. The van der Waals surface area contributed by atoms with E-state index in [9.17, 15) is 0 Å². The smallest absolute Gasteiger partial charge is 0.292 e. The Balaban J connectivity index is 2.21. The van der Waals surface area contributed by atoms with E-state index in [2.05, 4.69) is 15.0 Å². The number of aromatic amines is 1. The van der Waals surface area contributed by atoms with Gasteiger partial charge in [0.2, 0.25) is 0 Å². The summed E-state index contributed by atoms with van der Waals surface area (Å²) in [5.74, 6) is 0.719. The zero-order valence-corrected chi connectivity index (χ0v) is 8.69. The average molecular weight is 214 g/mol. The highest BCUT2D eigenvalue weighted by atomic mass is 16.4. The number of nitrogen functional groups attached to an aromatic ring is 1. The van der Waals surface area contributed by atoms with Gasteiger partial charge in [0, 0.05) is 5.56 Å². The van der Waals surface area contributed by atoms with E-state index in [1.807, 2.05) is 25.1 Å². The first kappa shape index (κ1) is 8.96. The normalized spacial score (nSPS) is 11.1. The van der Waals surface area contributed by atoms with E-state index in [1.165, 1.54) is 0 Å². The molecule has 5 nitrogen and oxygen atoms in total. The maximum atomic E-state index is 5.51. The van der Waals surface area contributed by atoms with Gasteiger partial charge < -0.3 is 15.1 Å². The molecule has 0 amide bonds. The molecule has 80 valence electrons. The molecule has 0 aliphatic rings. The van der Waals surface area contributed by atoms with Gasteiger partial charge in [-0.3, -0.25) is 0 Å². The minimum absolute atomic E-state index is 0.192. The van der Waals surface area contributed by atoms with Crippen molar-refractivity contribution in [2.45, 2.75) is 6.92 Å². The third kappa shape index (κ3) is 1.25. The van der Waals surface area contributed by atoms with Gasteiger partial charge in [-0.2, -0.15) is 4.98 Å². The molecular weight excluding hydrogens is 204 g/mol. The topological polar surface area (TPSA) is 80.7 Å². The van der Waals surface area contributed by atoms with Crippen molar-refractivity contribution in [2.75, 3.05) is 5.73 Å². The van der Waals surface area contributed by atoms with Crippen LogP contribution in [0.4, 0.5) is 6.01 Å². The quantitative estimate of drug-likeness (QED) is 0.650. The van der Waals surface area contributed by atoms with Crippen LogP contribution in [0.25, 0.3) is 22.3 Å². The van der Waals surface area contributed by atoms with E-state index in [0.29, 0.717) is 0 Å². The second-order valence-corrected chi connectivity index (χ2v) is 3.59. The molecule has 0 saturated heterocycles. The van der Waals surface area contributed by atoms with Crippen LogP contribution in [-0.4, -0.2) is 15.0 Å². The molecule has 0 spiro atoms. The maximum Gasteiger partial charge on any atom is 0.292 e. The lowest BCUT2D eigenvalue weighted by molar-refractivity contribution is 0.549. The molecule has 0 atom stereocenters. The number of nitrogens with two attached hydrogens (primary N) is 1. The van der Waals surface area contributed by atoms with Gasteiger partial charge in [-0.05, 0) is 19.1 Å². The van der Waals surface area contributed by atoms with Gasteiger partial charge in [-0.15, -0.1) is 0 Å². The number of hydrogen-bond acceptors (Lipinski definition) is 4. The summed E-state index contributed by atoms with van der Waals surface area (Å²) in [5.41, 5.74) is 9.15. The first-order valence-corrected chi connectivity index (χ1v) is 4.90. The Morgan fingerprint density at radius 2 is 2.25 bits per heavy atom. The molecule has 16 heavy (non-hydrogen) atoms. The minimum atomic E-state index is 0.192. The summed E-state index contributed by atoms with van der Waals surface area (Å²) in [5, 5.41) is 0. The van der Waals surface area contributed by atoms with Crippen LogP contribution in [0.1, 0.15) is 5.76 Å². The summed E-state index contributed by atoms with van der Waals surface area (Å²) < 4.78 is 5.20. The first-order chi connectivity index (χ1) is 7.74. The lowest BCUT2D eigenvalue weighted by atomic mass is 10.1. The number of nitrogens with zero attached hydrogens (tertiary/aromatic N) is 2. The van der Waals surface area contributed by atoms with Crippen LogP contribution in [0.15, 0.2) is 28.9 Å². The number of aryl methyl sites for hydroxylation is 1. The van der Waals surface area contributed by atoms with Crippen molar-refractivity contribution in [3.05, 3.63) is 30.3 Å². The molecule has 0 radical (unpaired) electrons. The van der Waals surface area contributed by atoms with Gasteiger partial charge in [0.15, 0.2) is 0 Å². The fourth-order valence-corrected chi connectivity index (χ4v) is 1.77. The molecule has 0 aliphatic heterocycles. The molecule has 0 aliphatic carbocycles. The molecule has 1 aromatic carbocycles. The molecule has 0 unspecified atom stereocenters. The van der Waals surface area contributed by atoms with Crippen LogP contribution in [0, 0.1) is 6.92 Å². The number of oxazole rings is 1. The number of nitrogens with one attached hydrogen (secondary N) is 1. The van der Waals surface area contributed by atoms with E-state index in [-0.39, 0.29) is 6.01 Å². The van der Waals surface area contributed by atoms with Crippen molar-refractivity contribution < 1.29 is 4.42 Å². The third-order valence-electron chi connectivity index (χ3n) is 2.51. The van der Waals surface area contributed by atoms with Gasteiger partial charge >= 0.3 is 0 Å². The highest BCUT2D eigenvalue weighted by molar-refractivity contribution is 5.81. The van der Waals surface area contributed by atoms with Crippen molar-refractivity contribution in [3.8, 4) is 11.3 Å². The summed E-state index contributed by atoms with van der Waals surface area (Å²) in [4.78, 5) is 11.4. The minimum Gasteiger partial charge on any atom is -0.429 e. The molecule has 3 N–H and O–H groups in total. The van der Waals surface area contributed by atoms with Crippen molar-refractivity contribution in [1.29, 1.82) is 0 Å². The second-order valence-electron chi connectivity index (χ2n) is 3.59. The molecular formula is C11H10N4O. The van der Waals surface area contributed by atoms with Gasteiger partial charge in [0.1, 0.15) is 11.5 Å². The molecule has 0 fully saturated rings. The van der Waals surface area contributed by atoms with E-state index < -0.39 is 0 Å². The lowest BCUT2D eigenvalue weighted by Gasteiger charge is -1.97. The van der Waals surface area contributed by atoms with Crippen LogP contribution in [0.2, 0.25) is 0 Å². The van der Waals surface area contributed by atoms with Gasteiger partial charge in [-0.1, -0.05) is 6.07 Å². The number of hydrogen-bond donors (Lipinski definition) is 2. The van der Waals surface area contributed by atoms with Crippen LogP contribution in [-0.2, 0) is 0 Å². The molecule has 5 heteroatoms. The molecule has 0 bridgehead atoms. The van der Waals surface area contributed by atoms with Crippen molar-refractivity contribution in [3.63, 3.8) is 0 Å². The van der Waals surface area contributed by atoms with E-state index in [0.717, 1.165) is 28.1 Å². The number of anilines is 1. The number of H-pyrrole nitrogens is 1. The number of imidazole rings is 1. The summed E-state index contributed by atoms with van der Waals surface area (Å²) >= 11 is 0. The predicted octanol–water partition coefficient (Wildman–Crippen LogP) is 2.11. The number of benzene rings is 1. The lowest BCUT2D eigenvalue weighted by Crippen LogP contribution is -1.84. The van der Waals surface area contributed by atoms with E-state index >= 15 is 0 Å². The highest BCUT2D eigenvalue weighted by Crippen LogP contribution is 2.26. The standard InChI is InChI=1S/C11H10N4O/c1-6-10(15-11(12)16-6)7-2-3-8-9(4-7)14-5-13-8/h2-5H,1H3,(H2,12,15)(H,13,14). The van der Waals surface area contributed by atoms with Crippen molar-refractivity contribution in [2.24, 2.45) is 0 Å². The van der Waals surface area contributed by atoms with Crippen molar-refractivity contribution >= 4 is 17.0 Å². The number of rotatable bonds is 1. The van der Waals surface area contributed by atoms with Crippen molar-refractivity contribution in [1.82, 2.24) is 15.0 Å². The fourth-order valence-electron chi connectivity index (χ4n) is 1.77. The summed E-state index contributed by atoms with van der Waals surface area (Å²) in [7, 11) is 0. The predicted molar refractivity (Wildman–Crippen MR) is 60.7 cm³/mol. The molecule has 0 saturated carbocycles. The zero-order chi connectivity index (χ0) is 11.1. The Morgan fingerprint density at radius 3 is 3.00 bits per heavy atom. The fraction of sp³-hybridized carbons (Fsp3) is 0.0909. The Morgan fingerprint density at radius 1 is 1.38 bits per heavy atom. The monoisotopic (exact) mass is 214 g/mol. The Kier molecular flexibility index (Phi) is 1.73. The SMILES string of the molecule is Cc1oc(N)nc1-c1ccc2nc[nH]c2c1. The van der Waals surface area contributed by atoms with Crippen LogP contribution < -0.4 is 5.73 Å². The van der Waals surface area contributed by atoms with Crippen LogP contribution in [0.3, 0.4) is 0 Å². The molecule has 2 heterocycles. The van der Waals surface area contributed by atoms with Crippen LogP contribution in [0.5, 0.6) is 0 Å². The van der Waals surface area contributed by atoms with Crippen LogP contribution >= 0.6 is 0 Å². The first-order valence-electron chi connectivity index (χ1n) is 4.90. The maximum absolute atomic E-state index is 5.51. The number of aromatic nitrogens is 3. The Labute approximate surface area is 91.3 Å². The van der Waals surface area contributed by atoms with E-state index in [1.54, 1.807) is 6.33 Å². The third-order valence-corrected chi connectivity index (χ3v) is 2.51. The largest absolute Gasteiger partial charge is 0.429 e. The second kappa shape index (κ2) is 3.10.